The minimum atomic E-state index is -4.13. The van der Waals surface area contributed by atoms with Gasteiger partial charge in [0.1, 0.15) is 12.4 Å². The van der Waals surface area contributed by atoms with Crippen LogP contribution >= 0.6 is 0 Å². The van der Waals surface area contributed by atoms with Crippen molar-refractivity contribution in [2.45, 2.75) is 11.8 Å². The van der Waals surface area contributed by atoms with Crippen LogP contribution < -0.4 is 4.74 Å². The van der Waals surface area contributed by atoms with Crippen molar-refractivity contribution < 1.29 is 17.7 Å². The molecule has 0 saturated carbocycles. The first-order valence-corrected chi connectivity index (χ1v) is 6.04. The Labute approximate surface area is 123 Å². The molecule has 88 valence electrons. The zero-order valence-corrected chi connectivity index (χ0v) is 9.57. The molecule has 1 aromatic carbocycles. The molecule has 0 radical (unpaired) electrons. The van der Waals surface area contributed by atoms with E-state index in [1.165, 1.54) is 24.3 Å². The van der Waals surface area contributed by atoms with E-state index in [0.717, 1.165) is 0 Å². The van der Waals surface area contributed by atoms with Gasteiger partial charge in [-0.25, -0.2) is 0 Å². The van der Waals surface area contributed by atoms with E-state index in [0.29, 0.717) is 12.4 Å². The van der Waals surface area contributed by atoms with Crippen LogP contribution in [0.25, 0.3) is 0 Å². The summed E-state index contributed by atoms with van der Waals surface area (Å²) in [4.78, 5) is -0.149. The Morgan fingerprint density at radius 3 is 2.41 bits per heavy atom. The van der Waals surface area contributed by atoms with Gasteiger partial charge in [-0.2, -0.15) is 8.42 Å². The fourth-order valence-electron chi connectivity index (χ4n) is 1.01. The van der Waals surface area contributed by atoms with Crippen molar-refractivity contribution in [3.8, 4) is 5.75 Å². The van der Waals surface area contributed by atoms with Gasteiger partial charge >= 0.3 is 29.6 Å². The van der Waals surface area contributed by atoms with Crippen molar-refractivity contribution >= 4 is 39.7 Å². The average Bonchev–Trinajstić information content (AvgIpc) is 2.24. The van der Waals surface area contributed by atoms with Gasteiger partial charge in [0.2, 0.25) is 0 Å². The summed E-state index contributed by atoms with van der Waals surface area (Å²) in [6, 6.07) is 5.52. The predicted octanol–water partition coefficient (Wildman–Crippen LogP) is 1.39. The first-order valence-electron chi connectivity index (χ1n) is 4.60. The molecule has 0 aliphatic carbocycles. The number of benzene rings is 1. The second kappa shape index (κ2) is 7.71. The Balaban J connectivity index is 0.00000256. The number of ether oxygens (including phenoxy) is 1. The summed E-state index contributed by atoms with van der Waals surface area (Å²) in [6.07, 6.45) is 3.46. The molecule has 0 bridgehead atoms. The van der Waals surface area contributed by atoms with E-state index >= 15 is 0 Å². The van der Waals surface area contributed by atoms with Crippen molar-refractivity contribution in [2.24, 2.45) is 0 Å². The number of hydrogen-bond donors (Lipinski definition) is 1. The third kappa shape index (κ3) is 6.07. The Morgan fingerprint density at radius 1 is 1.35 bits per heavy atom. The standard InChI is InChI=1S/C11H12O4S.Na.H/c1-2-3-4-9-15-10-5-7-11(8-6-10)16(12,13)14;;/h2,4-8H,9H2,1H3,(H,12,13,14);;. The molecule has 1 aromatic rings. The second-order valence-electron chi connectivity index (χ2n) is 2.92. The summed E-state index contributed by atoms with van der Waals surface area (Å²) in [5, 5.41) is 0. The van der Waals surface area contributed by atoms with Gasteiger partial charge < -0.3 is 4.74 Å². The zero-order chi connectivity index (χ0) is 12.0. The van der Waals surface area contributed by atoms with Gasteiger partial charge in [0.15, 0.2) is 0 Å². The molecule has 4 nitrogen and oxygen atoms in total. The Bertz CT molecular complexity index is 499. The second-order valence-corrected chi connectivity index (χ2v) is 4.34. The summed E-state index contributed by atoms with van der Waals surface area (Å²) >= 11 is 0. The normalized spacial score (nSPS) is 9.76. The predicted molar refractivity (Wildman–Crippen MR) is 67.2 cm³/mol. The molecular formula is C11H13NaO4S. The first-order chi connectivity index (χ1) is 7.54. The van der Waals surface area contributed by atoms with Gasteiger partial charge in [0, 0.05) is 0 Å². The van der Waals surface area contributed by atoms with Crippen molar-refractivity contribution in [3.63, 3.8) is 0 Å². The van der Waals surface area contributed by atoms with Crippen LogP contribution in [0.2, 0.25) is 0 Å². The summed E-state index contributed by atoms with van der Waals surface area (Å²) < 4.78 is 35.5. The van der Waals surface area contributed by atoms with Gasteiger partial charge in [-0.15, -0.1) is 5.73 Å². The fourth-order valence-corrected chi connectivity index (χ4v) is 1.49. The molecule has 1 N–H and O–H groups in total. The molecule has 0 heterocycles. The van der Waals surface area contributed by atoms with Crippen LogP contribution in [0.4, 0.5) is 0 Å². The Hall–Kier alpha value is -0.550. The SMILES string of the molecule is CC=C=CCOc1ccc(S(=O)(=O)O)cc1.[NaH]. The zero-order valence-electron chi connectivity index (χ0n) is 8.75. The van der Waals surface area contributed by atoms with Crippen LogP contribution in [0.3, 0.4) is 0 Å². The van der Waals surface area contributed by atoms with E-state index in [2.05, 4.69) is 5.73 Å². The van der Waals surface area contributed by atoms with Crippen LogP contribution in [0.5, 0.6) is 5.75 Å². The molecule has 0 fully saturated rings. The van der Waals surface area contributed by atoms with E-state index in [1.54, 1.807) is 12.2 Å². The topological polar surface area (TPSA) is 63.6 Å². The molecule has 0 atom stereocenters. The van der Waals surface area contributed by atoms with Crippen molar-refractivity contribution in [1.29, 1.82) is 0 Å². The molecule has 0 aliphatic heterocycles. The van der Waals surface area contributed by atoms with Gasteiger partial charge in [-0.1, -0.05) is 0 Å². The molecular weight excluding hydrogens is 251 g/mol. The van der Waals surface area contributed by atoms with Crippen LogP contribution in [-0.2, 0) is 10.1 Å². The van der Waals surface area contributed by atoms with Crippen molar-refractivity contribution in [2.75, 3.05) is 6.61 Å². The molecule has 0 amide bonds. The number of rotatable bonds is 4. The van der Waals surface area contributed by atoms with Crippen LogP contribution in [-0.4, -0.2) is 49.1 Å². The Kier molecular flexibility index (Phi) is 7.46. The van der Waals surface area contributed by atoms with E-state index in [9.17, 15) is 8.42 Å². The quantitative estimate of drug-likeness (QED) is 0.507. The molecule has 0 aliphatic rings. The maximum absolute atomic E-state index is 10.7. The van der Waals surface area contributed by atoms with Gasteiger partial charge in [-0.3, -0.25) is 4.55 Å². The van der Waals surface area contributed by atoms with E-state index in [-0.39, 0.29) is 34.5 Å². The van der Waals surface area contributed by atoms with Crippen LogP contribution in [0.1, 0.15) is 6.92 Å². The minimum absolute atomic E-state index is 0. The summed E-state index contributed by atoms with van der Waals surface area (Å²) in [5.41, 5.74) is 2.84. The molecule has 0 unspecified atom stereocenters. The first kappa shape index (κ1) is 16.4. The molecule has 0 aromatic heterocycles. The van der Waals surface area contributed by atoms with E-state index < -0.39 is 10.1 Å². The van der Waals surface area contributed by atoms with Gasteiger partial charge in [-0.05, 0) is 43.3 Å². The number of hydrogen-bond acceptors (Lipinski definition) is 3. The monoisotopic (exact) mass is 264 g/mol. The van der Waals surface area contributed by atoms with Gasteiger partial charge in [0.25, 0.3) is 10.1 Å². The summed E-state index contributed by atoms with van der Waals surface area (Å²) in [6.45, 7) is 2.20. The maximum atomic E-state index is 10.7. The van der Waals surface area contributed by atoms with Crippen LogP contribution in [0, 0.1) is 0 Å². The molecule has 0 spiro atoms. The van der Waals surface area contributed by atoms with Gasteiger partial charge in [0.05, 0.1) is 4.90 Å². The van der Waals surface area contributed by atoms with Crippen molar-refractivity contribution in [3.05, 3.63) is 42.1 Å². The van der Waals surface area contributed by atoms with E-state index in [1.807, 2.05) is 6.92 Å². The van der Waals surface area contributed by atoms with Crippen LogP contribution in [0.15, 0.2) is 47.0 Å². The fraction of sp³-hybridized carbons (Fsp3) is 0.182. The third-order valence-electron chi connectivity index (χ3n) is 1.74. The summed E-state index contributed by atoms with van der Waals surface area (Å²) in [5.74, 6) is 0.529. The Morgan fingerprint density at radius 2 is 1.94 bits per heavy atom. The van der Waals surface area contributed by atoms with E-state index in [4.69, 9.17) is 9.29 Å². The molecule has 17 heavy (non-hydrogen) atoms. The molecule has 0 saturated heterocycles. The summed E-state index contributed by atoms with van der Waals surface area (Å²) in [7, 11) is -4.13. The average molecular weight is 264 g/mol. The van der Waals surface area contributed by atoms with Crippen molar-refractivity contribution in [1.82, 2.24) is 0 Å². The molecule has 1 rings (SSSR count). The molecule has 6 heteroatoms. The third-order valence-corrected chi connectivity index (χ3v) is 2.61.